The van der Waals surface area contributed by atoms with Crippen molar-refractivity contribution in [2.75, 3.05) is 0 Å². The van der Waals surface area contributed by atoms with Gasteiger partial charge in [0.15, 0.2) is 0 Å². The van der Waals surface area contributed by atoms with Gasteiger partial charge in [0.1, 0.15) is 6.04 Å². The molecule has 37 heavy (non-hydrogen) atoms. The Kier molecular flexibility index (Phi) is 8.97. The van der Waals surface area contributed by atoms with Crippen LogP contribution in [0.1, 0.15) is 37.0 Å². The lowest BCUT2D eigenvalue weighted by molar-refractivity contribution is -0.141. The zero-order valence-electron chi connectivity index (χ0n) is 21.4. The van der Waals surface area contributed by atoms with E-state index in [1.165, 1.54) is 0 Å². The highest BCUT2D eigenvalue weighted by molar-refractivity contribution is 6.31. The molecular weight excluding hydrogens is 480 g/mol. The molecule has 2 amide bonds. The van der Waals surface area contributed by atoms with Crippen molar-refractivity contribution in [1.29, 1.82) is 0 Å². The fourth-order valence-electron chi connectivity index (χ4n) is 4.64. The Morgan fingerprint density at radius 1 is 0.811 bits per heavy atom. The molecule has 1 atom stereocenters. The van der Waals surface area contributed by atoms with Crippen molar-refractivity contribution in [3.05, 3.63) is 119 Å². The molecule has 0 saturated heterocycles. The van der Waals surface area contributed by atoms with Gasteiger partial charge >= 0.3 is 0 Å². The SMILES string of the molecule is CC(C)NC(=O)C(Cc1ccccc1)N(Cc1ccccc1Cl)C(=O)CCc1cccc2ccccc12. The van der Waals surface area contributed by atoms with Crippen LogP contribution in [0.4, 0.5) is 0 Å². The fourth-order valence-corrected chi connectivity index (χ4v) is 4.84. The van der Waals surface area contributed by atoms with Gasteiger partial charge in [-0.25, -0.2) is 0 Å². The number of carbonyl (C=O) groups is 2. The van der Waals surface area contributed by atoms with Gasteiger partial charge < -0.3 is 10.2 Å². The fraction of sp³-hybridized carbons (Fsp3) is 0.250. The molecule has 0 aliphatic heterocycles. The Morgan fingerprint density at radius 2 is 1.46 bits per heavy atom. The summed E-state index contributed by atoms with van der Waals surface area (Å²) in [6.07, 6.45) is 1.30. The van der Waals surface area contributed by atoms with E-state index in [0.29, 0.717) is 24.3 Å². The Bertz CT molecular complexity index is 1350. The van der Waals surface area contributed by atoms with Crippen LogP contribution >= 0.6 is 11.6 Å². The predicted molar refractivity (Wildman–Crippen MR) is 151 cm³/mol. The summed E-state index contributed by atoms with van der Waals surface area (Å²) < 4.78 is 0. The molecule has 1 N–H and O–H groups in total. The van der Waals surface area contributed by atoms with Crippen LogP contribution in [0.2, 0.25) is 5.02 Å². The van der Waals surface area contributed by atoms with Crippen molar-refractivity contribution >= 4 is 34.2 Å². The van der Waals surface area contributed by atoms with Gasteiger partial charge in [-0.15, -0.1) is 0 Å². The molecule has 0 aliphatic carbocycles. The lowest BCUT2D eigenvalue weighted by Crippen LogP contribution is -2.51. The van der Waals surface area contributed by atoms with Crippen molar-refractivity contribution in [2.24, 2.45) is 0 Å². The van der Waals surface area contributed by atoms with Crippen LogP contribution in [0.15, 0.2) is 97.1 Å². The second-order valence-electron chi connectivity index (χ2n) is 9.62. The van der Waals surface area contributed by atoms with Crippen molar-refractivity contribution < 1.29 is 9.59 Å². The van der Waals surface area contributed by atoms with Gasteiger partial charge in [0, 0.05) is 30.5 Å². The maximum absolute atomic E-state index is 13.9. The van der Waals surface area contributed by atoms with Crippen molar-refractivity contribution in [3.8, 4) is 0 Å². The molecule has 0 fully saturated rings. The molecule has 5 heteroatoms. The number of amides is 2. The molecule has 4 rings (SSSR count). The van der Waals surface area contributed by atoms with Crippen LogP contribution < -0.4 is 5.32 Å². The van der Waals surface area contributed by atoms with Gasteiger partial charge in [0.05, 0.1) is 0 Å². The number of hydrogen-bond donors (Lipinski definition) is 1. The van der Waals surface area contributed by atoms with Crippen LogP contribution in [0, 0.1) is 0 Å². The second kappa shape index (κ2) is 12.6. The normalized spacial score (nSPS) is 11.9. The van der Waals surface area contributed by atoms with Crippen molar-refractivity contribution in [1.82, 2.24) is 10.2 Å². The maximum atomic E-state index is 13.9. The third kappa shape index (κ3) is 6.99. The third-order valence-corrected chi connectivity index (χ3v) is 6.86. The molecule has 190 valence electrons. The van der Waals surface area contributed by atoms with Crippen LogP contribution in [-0.4, -0.2) is 28.8 Å². The third-order valence-electron chi connectivity index (χ3n) is 6.49. The first-order valence-corrected chi connectivity index (χ1v) is 13.1. The molecule has 1 unspecified atom stereocenters. The zero-order valence-corrected chi connectivity index (χ0v) is 22.1. The standard InChI is InChI=1S/C32H33ClN2O2/c1-23(2)34-32(37)30(21-24-11-4-3-5-12-24)35(22-27-14-7-9-18-29(27)33)31(36)20-19-26-16-10-15-25-13-6-8-17-28(25)26/h3-18,23,30H,19-22H2,1-2H3,(H,34,37). The van der Waals surface area contributed by atoms with E-state index in [4.69, 9.17) is 11.6 Å². The van der Waals surface area contributed by atoms with Gasteiger partial charge in [-0.3, -0.25) is 9.59 Å². The molecular formula is C32H33ClN2O2. The van der Waals surface area contributed by atoms with Crippen LogP contribution in [0.5, 0.6) is 0 Å². The molecule has 0 spiro atoms. The zero-order chi connectivity index (χ0) is 26.2. The number of nitrogens with zero attached hydrogens (tertiary/aromatic N) is 1. The van der Waals surface area contributed by atoms with Crippen LogP contribution in [0.3, 0.4) is 0 Å². The highest BCUT2D eigenvalue weighted by atomic mass is 35.5. The quantitative estimate of drug-likeness (QED) is 0.260. The monoisotopic (exact) mass is 512 g/mol. The van der Waals surface area contributed by atoms with E-state index < -0.39 is 6.04 Å². The van der Waals surface area contributed by atoms with E-state index in [-0.39, 0.29) is 24.4 Å². The lowest BCUT2D eigenvalue weighted by Gasteiger charge is -2.32. The summed E-state index contributed by atoms with van der Waals surface area (Å²) in [5.74, 6) is -0.239. The topological polar surface area (TPSA) is 49.4 Å². The van der Waals surface area contributed by atoms with Gasteiger partial charge in [-0.1, -0.05) is 103 Å². The minimum absolute atomic E-state index is 0.0429. The van der Waals surface area contributed by atoms with Gasteiger partial charge in [-0.05, 0) is 53.8 Å². The van der Waals surface area contributed by atoms with Crippen LogP contribution in [-0.2, 0) is 29.0 Å². The summed E-state index contributed by atoms with van der Waals surface area (Å²) in [6.45, 7) is 4.12. The minimum atomic E-state index is -0.666. The first-order valence-electron chi connectivity index (χ1n) is 12.8. The van der Waals surface area contributed by atoms with Crippen LogP contribution in [0.25, 0.3) is 10.8 Å². The largest absolute Gasteiger partial charge is 0.352 e. The smallest absolute Gasteiger partial charge is 0.243 e. The molecule has 4 aromatic rings. The Labute approximate surface area is 224 Å². The number of benzene rings is 4. The Hall–Kier alpha value is -3.63. The van der Waals surface area contributed by atoms with E-state index in [9.17, 15) is 9.59 Å². The number of halogens is 1. The number of nitrogens with one attached hydrogen (secondary N) is 1. The van der Waals surface area contributed by atoms with E-state index in [2.05, 4.69) is 29.6 Å². The van der Waals surface area contributed by atoms with Gasteiger partial charge in [0.2, 0.25) is 11.8 Å². The lowest BCUT2D eigenvalue weighted by atomic mass is 9.99. The summed E-state index contributed by atoms with van der Waals surface area (Å²) in [7, 11) is 0. The summed E-state index contributed by atoms with van der Waals surface area (Å²) in [5, 5.41) is 5.91. The average molecular weight is 513 g/mol. The molecule has 0 aromatic heterocycles. The van der Waals surface area contributed by atoms with Crippen molar-refractivity contribution in [3.63, 3.8) is 0 Å². The van der Waals surface area contributed by atoms with Crippen molar-refractivity contribution in [2.45, 2.75) is 51.7 Å². The maximum Gasteiger partial charge on any atom is 0.243 e. The van der Waals surface area contributed by atoms with E-state index >= 15 is 0 Å². The second-order valence-corrected chi connectivity index (χ2v) is 10.0. The number of carbonyl (C=O) groups excluding carboxylic acids is 2. The van der Waals surface area contributed by atoms with Gasteiger partial charge in [-0.2, -0.15) is 0 Å². The minimum Gasteiger partial charge on any atom is -0.352 e. The predicted octanol–water partition coefficient (Wildman–Crippen LogP) is 6.59. The highest BCUT2D eigenvalue weighted by Crippen LogP contribution is 2.23. The molecule has 0 aliphatic rings. The first kappa shape index (κ1) is 26.4. The summed E-state index contributed by atoms with van der Waals surface area (Å²) in [4.78, 5) is 29.1. The molecule has 0 heterocycles. The number of hydrogen-bond acceptors (Lipinski definition) is 2. The molecule has 0 radical (unpaired) electrons. The molecule has 4 aromatic carbocycles. The number of aryl methyl sites for hydroxylation is 1. The van der Waals surface area contributed by atoms with E-state index in [1.54, 1.807) is 4.90 Å². The van der Waals surface area contributed by atoms with E-state index in [0.717, 1.165) is 27.5 Å². The molecule has 0 saturated carbocycles. The van der Waals surface area contributed by atoms with Gasteiger partial charge in [0.25, 0.3) is 0 Å². The number of rotatable bonds is 10. The molecule has 4 nitrogen and oxygen atoms in total. The highest BCUT2D eigenvalue weighted by Gasteiger charge is 2.31. The number of fused-ring (bicyclic) bond motifs is 1. The Balaban J connectivity index is 1.65. The molecule has 0 bridgehead atoms. The first-order chi connectivity index (χ1) is 17.9. The Morgan fingerprint density at radius 3 is 2.22 bits per heavy atom. The average Bonchev–Trinajstić information content (AvgIpc) is 2.90. The summed E-state index contributed by atoms with van der Waals surface area (Å²) >= 11 is 6.50. The van der Waals surface area contributed by atoms with E-state index in [1.807, 2.05) is 86.6 Å². The summed E-state index contributed by atoms with van der Waals surface area (Å²) in [5.41, 5.74) is 2.94. The summed E-state index contributed by atoms with van der Waals surface area (Å²) in [6, 6.07) is 31.0.